The summed E-state index contributed by atoms with van der Waals surface area (Å²) in [5.41, 5.74) is 1.15. The van der Waals surface area contributed by atoms with Crippen LogP contribution >= 0.6 is 0 Å². The van der Waals surface area contributed by atoms with Crippen molar-refractivity contribution in [2.75, 3.05) is 26.3 Å². The lowest BCUT2D eigenvalue weighted by Gasteiger charge is -2.36. The fourth-order valence-electron chi connectivity index (χ4n) is 3.37. The van der Waals surface area contributed by atoms with E-state index in [1.54, 1.807) is 4.68 Å². The Morgan fingerprint density at radius 3 is 3.00 bits per heavy atom. The van der Waals surface area contributed by atoms with Crippen LogP contribution in [0.3, 0.4) is 0 Å². The number of aliphatic hydroxyl groups is 1. The van der Waals surface area contributed by atoms with Gasteiger partial charge in [0.1, 0.15) is 25.4 Å². The van der Waals surface area contributed by atoms with E-state index in [9.17, 15) is 5.11 Å². The van der Waals surface area contributed by atoms with Crippen LogP contribution in [0, 0.1) is 0 Å². The number of likely N-dealkylation sites (tertiary alicyclic amines) is 1. The normalized spacial score (nSPS) is 23.4. The molecular formula is C18H23N3O4. The summed E-state index contributed by atoms with van der Waals surface area (Å²) in [6.07, 6.45) is 3.82. The van der Waals surface area contributed by atoms with Gasteiger partial charge in [0.05, 0.1) is 6.20 Å². The molecule has 3 heterocycles. The van der Waals surface area contributed by atoms with Crippen LogP contribution in [0.25, 0.3) is 0 Å². The predicted molar refractivity (Wildman–Crippen MR) is 91.0 cm³/mol. The molecule has 0 amide bonds. The molecule has 1 fully saturated rings. The van der Waals surface area contributed by atoms with E-state index in [1.165, 1.54) is 0 Å². The molecule has 4 rings (SSSR count). The Balaban J connectivity index is 1.39. The number of rotatable bonds is 4. The first-order chi connectivity index (χ1) is 12.2. The number of ether oxygens (including phenoxy) is 3. The zero-order valence-corrected chi connectivity index (χ0v) is 14.3. The topological polar surface area (TPSA) is 69.0 Å². The smallest absolute Gasteiger partial charge is 0.203 e. The van der Waals surface area contributed by atoms with E-state index in [0.29, 0.717) is 37.0 Å². The standard InChI is InChI=1S/C18H23N3O4/c1-20-10-13(9-19-20)11-21-6-5-15(14(22)12-21)25-17-4-2-3-16-18(17)24-8-7-23-16/h2-4,9-10,14-15,22H,5-8,11-12H2,1H3/t14-,15-/m1/s1. The van der Waals surface area contributed by atoms with E-state index in [4.69, 9.17) is 14.2 Å². The summed E-state index contributed by atoms with van der Waals surface area (Å²) in [5, 5.41) is 14.7. The molecule has 0 saturated carbocycles. The summed E-state index contributed by atoms with van der Waals surface area (Å²) in [5.74, 6) is 1.98. The van der Waals surface area contributed by atoms with Crippen LogP contribution in [0.4, 0.5) is 0 Å². The van der Waals surface area contributed by atoms with Gasteiger partial charge in [0, 0.05) is 38.4 Å². The van der Waals surface area contributed by atoms with Gasteiger partial charge in [-0.3, -0.25) is 9.58 Å². The minimum absolute atomic E-state index is 0.248. The number of para-hydroxylation sites is 1. The summed E-state index contributed by atoms with van der Waals surface area (Å²) in [6, 6.07) is 5.61. The average Bonchev–Trinajstić information content (AvgIpc) is 3.02. The molecular weight excluding hydrogens is 322 g/mol. The Morgan fingerprint density at radius 1 is 1.32 bits per heavy atom. The molecule has 7 heteroatoms. The molecule has 0 spiro atoms. The predicted octanol–water partition coefficient (Wildman–Crippen LogP) is 1.21. The van der Waals surface area contributed by atoms with E-state index in [-0.39, 0.29) is 6.10 Å². The molecule has 1 aromatic heterocycles. The quantitative estimate of drug-likeness (QED) is 0.898. The number of aromatic nitrogens is 2. The highest BCUT2D eigenvalue weighted by Crippen LogP contribution is 2.40. The Morgan fingerprint density at radius 2 is 2.20 bits per heavy atom. The Labute approximate surface area is 146 Å². The van der Waals surface area contributed by atoms with Crippen LogP contribution in [0.15, 0.2) is 30.6 Å². The van der Waals surface area contributed by atoms with E-state index < -0.39 is 6.10 Å². The lowest BCUT2D eigenvalue weighted by atomic mass is 10.0. The molecule has 1 aromatic carbocycles. The summed E-state index contributed by atoms with van der Waals surface area (Å²) in [7, 11) is 1.91. The monoisotopic (exact) mass is 345 g/mol. The summed E-state index contributed by atoms with van der Waals surface area (Å²) < 4.78 is 19.1. The molecule has 1 N–H and O–H groups in total. The van der Waals surface area contributed by atoms with Gasteiger partial charge in [-0.2, -0.15) is 5.10 Å². The van der Waals surface area contributed by atoms with Gasteiger partial charge >= 0.3 is 0 Å². The molecule has 2 atom stereocenters. The third-order valence-corrected chi connectivity index (χ3v) is 4.58. The van der Waals surface area contributed by atoms with Crippen LogP contribution in [-0.2, 0) is 13.6 Å². The van der Waals surface area contributed by atoms with Crippen molar-refractivity contribution in [1.29, 1.82) is 0 Å². The first kappa shape index (κ1) is 16.2. The van der Waals surface area contributed by atoms with Crippen molar-refractivity contribution in [3.63, 3.8) is 0 Å². The number of hydrogen-bond acceptors (Lipinski definition) is 6. The second-order valence-corrected chi connectivity index (χ2v) is 6.55. The summed E-state index contributed by atoms with van der Waals surface area (Å²) in [4.78, 5) is 2.22. The highest BCUT2D eigenvalue weighted by molar-refractivity contribution is 5.51. The Kier molecular flexibility index (Phi) is 4.50. The van der Waals surface area contributed by atoms with Crippen LogP contribution in [0.2, 0.25) is 0 Å². The molecule has 0 radical (unpaired) electrons. The molecule has 2 aliphatic rings. The zero-order chi connectivity index (χ0) is 17.2. The molecule has 25 heavy (non-hydrogen) atoms. The highest BCUT2D eigenvalue weighted by atomic mass is 16.6. The van der Waals surface area contributed by atoms with Crippen LogP contribution in [0.5, 0.6) is 17.2 Å². The van der Waals surface area contributed by atoms with Gasteiger partial charge in [-0.15, -0.1) is 0 Å². The lowest BCUT2D eigenvalue weighted by Crippen LogP contribution is -2.48. The SMILES string of the molecule is Cn1cc(CN2CC[C@@H](Oc3cccc4c3OCCO4)[C@H](O)C2)cn1. The first-order valence-electron chi connectivity index (χ1n) is 8.62. The van der Waals surface area contributed by atoms with Crippen molar-refractivity contribution in [2.45, 2.75) is 25.2 Å². The number of nitrogens with zero attached hydrogens (tertiary/aromatic N) is 3. The fourth-order valence-corrected chi connectivity index (χ4v) is 3.37. The van der Waals surface area contributed by atoms with E-state index >= 15 is 0 Å². The fraction of sp³-hybridized carbons (Fsp3) is 0.500. The molecule has 2 aromatic rings. The van der Waals surface area contributed by atoms with Crippen molar-refractivity contribution in [2.24, 2.45) is 7.05 Å². The van der Waals surface area contributed by atoms with Crippen molar-refractivity contribution >= 4 is 0 Å². The minimum Gasteiger partial charge on any atom is -0.486 e. The van der Waals surface area contributed by atoms with Gasteiger partial charge in [0.2, 0.25) is 5.75 Å². The Bertz CT molecular complexity index is 733. The van der Waals surface area contributed by atoms with Gasteiger partial charge in [0.15, 0.2) is 11.5 Å². The van der Waals surface area contributed by atoms with Crippen molar-refractivity contribution in [3.8, 4) is 17.2 Å². The number of hydrogen-bond donors (Lipinski definition) is 1. The lowest BCUT2D eigenvalue weighted by molar-refractivity contribution is -0.0290. The average molecular weight is 345 g/mol. The molecule has 134 valence electrons. The van der Waals surface area contributed by atoms with Crippen molar-refractivity contribution < 1.29 is 19.3 Å². The maximum Gasteiger partial charge on any atom is 0.203 e. The third-order valence-electron chi connectivity index (χ3n) is 4.58. The molecule has 0 bridgehead atoms. The summed E-state index contributed by atoms with van der Waals surface area (Å²) in [6.45, 7) is 3.29. The summed E-state index contributed by atoms with van der Waals surface area (Å²) >= 11 is 0. The largest absolute Gasteiger partial charge is 0.486 e. The zero-order valence-electron chi connectivity index (χ0n) is 14.3. The molecule has 0 unspecified atom stereocenters. The van der Waals surface area contributed by atoms with Crippen LogP contribution < -0.4 is 14.2 Å². The maximum absolute atomic E-state index is 10.5. The van der Waals surface area contributed by atoms with E-state index in [2.05, 4.69) is 10.00 Å². The van der Waals surface area contributed by atoms with Gasteiger partial charge < -0.3 is 19.3 Å². The molecule has 0 aliphatic carbocycles. The van der Waals surface area contributed by atoms with Gasteiger partial charge in [-0.1, -0.05) is 6.07 Å². The first-order valence-corrected chi connectivity index (χ1v) is 8.62. The number of β-amino-alcohol motifs (C(OH)–C–C–N with tert-alkyl or cyclic N) is 1. The van der Waals surface area contributed by atoms with Crippen molar-refractivity contribution in [3.05, 3.63) is 36.2 Å². The molecule has 7 nitrogen and oxygen atoms in total. The number of piperidine rings is 1. The molecule has 1 saturated heterocycles. The second-order valence-electron chi connectivity index (χ2n) is 6.55. The number of aryl methyl sites for hydroxylation is 1. The number of fused-ring (bicyclic) bond motifs is 1. The third kappa shape index (κ3) is 3.57. The van der Waals surface area contributed by atoms with Crippen LogP contribution in [0.1, 0.15) is 12.0 Å². The van der Waals surface area contributed by atoms with E-state index in [0.717, 1.165) is 25.1 Å². The van der Waals surface area contributed by atoms with Crippen molar-refractivity contribution in [1.82, 2.24) is 14.7 Å². The maximum atomic E-state index is 10.5. The minimum atomic E-state index is -0.550. The van der Waals surface area contributed by atoms with E-state index in [1.807, 2.05) is 37.6 Å². The second kappa shape index (κ2) is 6.93. The van der Waals surface area contributed by atoms with Gasteiger partial charge in [-0.05, 0) is 18.6 Å². The number of aliphatic hydroxyl groups excluding tert-OH is 1. The number of benzene rings is 1. The molecule has 2 aliphatic heterocycles. The van der Waals surface area contributed by atoms with Gasteiger partial charge in [-0.25, -0.2) is 0 Å². The highest BCUT2D eigenvalue weighted by Gasteiger charge is 2.31. The van der Waals surface area contributed by atoms with Gasteiger partial charge in [0.25, 0.3) is 0 Å². The Hall–Kier alpha value is -2.25. The van der Waals surface area contributed by atoms with Crippen LogP contribution in [-0.4, -0.2) is 58.3 Å².